The van der Waals surface area contributed by atoms with Crippen LogP contribution >= 0.6 is 0 Å². The van der Waals surface area contributed by atoms with Crippen LogP contribution in [0.2, 0.25) is 0 Å². The highest BCUT2D eigenvalue weighted by atomic mass is 16.5. The van der Waals surface area contributed by atoms with Crippen molar-refractivity contribution in [3.8, 4) is 11.5 Å². The zero-order chi connectivity index (χ0) is 16.2. The number of methoxy groups -OCH3 is 1. The zero-order valence-corrected chi connectivity index (χ0v) is 13.4. The Bertz CT molecular complexity index is 698. The van der Waals surface area contributed by atoms with Crippen LogP contribution in [0.5, 0.6) is 11.5 Å². The normalized spacial score (nSPS) is 13.4. The van der Waals surface area contributed by atoms with Crippen molar-refractivity contribution < 1.29 is 14.3 Å². The van der Waals surface area contributed by atoms with E-state index in [1.807, 2.05) is 29.2 Å². The van der Waals surface area contributed by atoms with Crippen LogP contribution in [0.1, 0.15) is 23.7 Å². The Morgan fingerprint density at radius 1 is 1.22 bits per heavy atom. The lowest BCUT2D eigenvalue weighted by Crippen LogP contribution is -2.34. The summed E-state index contributed by atoms with van der Waals surface area (Å²) in [5.41, 5.74) is 3.29. The minimum atomic E-state index is 0.115. The van der Waals surface area contributed by atoms with E-state index in [4.69, 9.17) is 9.47 Å². The van der Waals surface area contributed by atoms with Crippen molar-refractivity contribution in [2.75, 3.05) is 13.7 Å². The first-order valence-corrected chi connectivity index (χ1v) is 7.65. The van der Waals surface area contributed by atoms with Crippen molar-refractivity contribution in [3.05, 3.63) is 53.3 Å². The fourth-order valence-electron chi connectivity index (χ4n) is 2.67. The average Bonchev–Trinajstić information content (AvgIpc) is 2.59. The summed E-state index contributed by atoms with van der Waals surface area (Å²) < 4.78 is 10.9. The molecule has 0 spiro atoms. The van der Waals surface area contributed by atoms with Crippen LogP contribution < -0.4 is 9.47 Å². The second-order valence-corrected chi connectivity index (χ2v) is 5.60. The lowest BCUT2D eigenvalue weighted by atomic mass is 9.99. The van der Waals surface area contributed by atoms with Crippen LogP contribution in [0.4, 0.5) is 0 Å². The fraction of sp³-hybridized carbons (Fsp3) is 0.333. The summed E-state index contributed by atoms with van der Waals surface area (Å²) in [4.78, 5) is 17.7. The molecule has 120 valence electrons. The van der Waals surface area contributed by atoms with Crippen molar-refractivity contribution in [2.24, 2.45) is 0 Å². The molecule has 0 unspecified atom stereocenters. The van der Waals surface area contributed by atoms with Crippen LogP contribution in [-0.2, 0) is 24.4 Å². The summed E-state index contributed by atoms with van der Waals surface area (Å²) in [6.07, 6.45) is 2.57. The Labute approximate surface area is 135 Å². The lowest BCUT2D eigenvalue weighted by molar-refractivity contribution is -0.129. The molecule has 0 saturated heterocycles. The zero-order valence-electron chi connectivity index (χ0n) is 13.4. The maximum Gasteiger partial charge on any atom is 0.219 e. The molecular weight excluding hydrogens is 292 g/mol. The number of aromatic nitrogens is 1. The van der Waals surface area contributed by atoms with E-state index >= 15 is 0 Å². The molecule has 0 aliphatic carbocycles. The molecule has 0 atom stereocenters. The Kier molecular flexibility index (Phi) is 4.46. The number of nitrogens with zero attached hydrogens (tertiary/aromatic N) is 2. The van der Waals surface area contributed by atoms with Gasteiger partial charge in [0, 0.05) is 20.0 Å². The highest BCUT2D eigenvalue weighted by Crippen LogP contribution is 2.24. The lowest BCUT2D eigenvalue weighted by Gasteiger charge is -2.28. The number of fused-ring (bicyclic) bond motifs is 1. The molecule has 0 fully saturated rings. The summed E-state index contributed by atoms with van der Waals surface area (Å²) in [5.74, 6) is 1.64. The molecule has 23 heavy (non-hydrogen) atoms. The van der Waals surface area contributed by atoms with Gasteiger partial charge in [-0.3, -0.25) is 9.78 Å². The maximum absolute atomic E-state index is 11.5. The molecule has 3 rings (SSSR count). The summed E-state index contributed by atoms with van der Waals surface area (Å²) in [7, 11) is 1.62. The van der Waals surface area contributed by atoms with Crippen molar-refractivity contribution in [2.45, 2.75) is 26.5 Å². The van der Waals surface area contributed by atoms with Crippen LogP contribution in [0.3, 0.4) is 0 Å². The molecule has 1 aliphatic heterocycles. The van der Waals surface area contributed by atoms with Gasteiger partial charge < -0.3 is 14.4 Å². The Hall–Kier alpha value is -2.56. The number of carbonyl (C=O) groups is 1. The van der Waals surface area contributed by atoms with Gasteiger partial charge in [0.15, 0.2) is 0 Å². The number of pyridine rings is 1. The molecule has 0 N–H and O–H groups in total. The Balaban J connectivity index is 1.67. The highest BCUT2D eigenvalue weighted by molar-refractivity contribution is 5.73. The predicted molar refractivity (Wildman–Crippen MR) is 86.4 cm³/mol. The van der Waals surface area contributed by atoms with Gasteiger partial charge in [-0.05, 0) is 41.8 Å². The van der Waals surface area contributed by atoms with Crippen LogP contribution in [0.25, 0.3) is 0 Å². The fourth-order valence-corrected chi connectivity index (χ4v) is 2.67. The van der Waals surface area contributed by atoms with Gasteiger partial charge in [0.25, 0.3) is 0 Å². The first-order chi connectivity index (χ1) is 11.2. The predicted octanol–water partition coefficient (Wildman–Crippen LogP) is 2.57. The van der Waals surface area contributed by atoms with E-state index in [0.29, 0.717) is 13.2 Å². The van der Waals surface area contributed by atoms with Gasteiger partial charge in [0.2, 0.25) is 5.91 Å². The van der Waals surface area contributed by atoms with E-state index in [0.717, 1.165) is 35.7 Å². The van der Waals surface area contributed by atoms with E-state index in [2.05, 4.69) is 11.1 Å². The number of hydrogen-bond donors (Lipinski definition) is 0. The van der Waals surface area contributed by atoms with Crippen molar-refractivity contribution in [1.82, 2.24) is 9.88 Å². The number of benzene rings is 1. The minimum absolute atomic E-state index is 0.115. The SMILES string of the molecule is COc1ccc(COc2ccc3c(c2)CN(C(C)=O)CC3)nc1. The van der Waals surface area contributed by atoms with Crippen molar-refractivity contribution >= 4 is 5.91 Å². The summed E-state index contributed by atoms with van der Waals surface area (Å²) in [6, 6.07) is 9.83. The molecule has 1 aromatic heterocycles. The topological polar surface area (TPSA) is 51.7 Å². The standard InChI is InChI=1S/C18H20N2O3/c1-13(21)20-8-7-14-3-5-17(9-15(14)11-20)23-12-16-4-6-18(22-2)10-19-16/h3-6,9-10H,7-8,11-12H2,1-2H3. The summed E-state index contributed by atoms with van der Waals surface area (Å²) in [6.45, 7) is 3.46. The highest BCUT2D eigenvalue weighted by Gasteiger charge is 2.18. The molecule has 1 aliphatic rings. The van der Waals surface area contributed by atoms with Gasteiger partial charge in [-0.1, -0.05) is 6.07 Å². The molecule has 0 saturated carbocycles. The summed E-state index contributed by atoms with van der Waals surface area (Å²) >= 11 is 0. The van der Waals surface area contributed by atoms with Crippen LogP contribution in [-0.4, -0.2) is 29.4 Å². The van der Waals surface area contributed by atoms with E-state index in [1.54, 1.807) is 20.2 Å². The second-order valence-electron chi connectivity index (χ2n) is 5.60. The summed E-state index contributed by atoms with van der Waals surface area (Å²) in [5, 5.41) is 0. The molecule has 1 amide bonds. The van der Waals surface area contributed by atoms with Gasteiger partial charge >= 0.3 is 0 Å². The van der Waals surface area contributed by atoms with Gasteiger partial charge in [-0.2, -0.15) is 0 Å². The number of hydrogen-bond acceptors (Lipinski definition) is 4. The third kappa shape index (κ3) is 3.62. The van der Waals surface area contributed by atoms with Crippen molar-refractivity contribution in [3.63, 3.8) is 0 Å². The van der Waals surface area contributed by atoms with E-state index < -0.39 is 0 Å². The van der Waals surface area contributed by atoms with Gasteiger partial charge in [0.1, 0.15) is 18.1 Å². The van der Waals surface area contributed by atoms with Crippen LogP contribution in [0.15, 0.2) is 36.5 Å². The number of rotatable bonds is 4. The largest absolute Gasteiger partial charge is 0.495 e. The Morgan fingerprint density at radius 2 is 2.04 bits per heavy atom. The molecular formula is C18H20N2O3. The van der Waals surface area contributed by atoms with E-state index in [-0.39, 0.29) is 5.91 Å². The molecule has 5 nitrogen and oxygen atoms in total. The monoisotopic (exact) mass is 312 g/mol. The maximum atomic E-state index is 11.5. The number of carbonyl (C=O) groups excluding carboxylic acids is 1. The second kappa shape index (κ2) is 6.69. The number of ether oxygens (including phenoxy) is 2. The van der Waals surface area contributed by atoms with Gasteiger partial charge in [0.05, 0.1) is 19.0 Å². The number of amides is 1. The molecule has 2 aromatic rings. The molecule has 5 heteroatoms. The molecule has 2 heterocycles. The first kappa shape index (κ1) is 15.3. The van der Waals surface area contributed by atoms with Gasteiger partial charge in [-0.25, -0.2) is 0 Å². The minimum Gasteiger partial charge on any atom is -0.495 e. The first-order valence-electron chi connectivity index (χ1n) is 7.65. The molecule has 1 aromatic carbocycles. The molecule has 0 radical (unpaired) electrons. The Morgan fingerprint density at radius 3 is 2.74 bits per heavy atom. The van der Waals surface area contributed by atoms with E-state index in [1.165, 1.54) is 5.56 Å². The molecule has 0 bridgehead atoms. The third-order valence-electron chi connectivity index (χ3n) is 4.06. The van der Waals surface area contributed by atoms with Gasteiger partial charge in [-0.15, -0.1) is 0 Å². The quantitative estimate of drug-likeness (QED) is 0.871. The van der Waals surface area contributed by atoms with E-state index in [9.17, 15) is 4.79 Å². The van der Waals surface area contributed by atoms with Crippen molar-refractivity contribution in [1.29, 1.82) is 0 Å². The average molecular weight is 312 g/mol. The van der Waals surface area contributed by atoms with Crippen LogP contribution in [0, 0.1) is 0 Å². The smallest absolute Gasteiger partial charge is 0.219 e. The third-order valence-corrected chi connectivity index (χ3v) is 4.06.